The van der Waals surface area contributed by atoms with Gasteiger partial charge in [0.15, 0.2) is 0 Å². The van der Waals surface area contributed by atoms with Crippen LogP contribution in [0.25, 0.3) is 45.0 Å². The summed E-state index contributed by atoms with van der Waals surface area (Å²) in [6.07, 6.45) is 8.97. The Hall–Kier alpha value is -5.69. The van der Waals surface area contributed by atoms with E-state index in [0.717, 1.165) is 0 Å². The summed E-state index contributed by atoms with van der Waals surface area (Å²) in [6, 6.07) is 62.1. The number of benzene rings is 7. The van der Waals surface area contributed by atoms with E-state index in [-0.39, 0.29) is 10.8 Å². The maximum atomic E-state index is 6.14. The molecule has 0 unspecified atom stereocenters. The van der Waals surface area contributed by atoms with Crippen molar-refractivity contribution in [1.29, 1.82) is 0 Å². The van der Waals surface area contributed by atoms with Crippen molar-refractivity contribution in [2.24, 2.45) is 0 Å². The number of allylic oxidation sites excluding steroid dienone is 5. The third kappa shape index (κ3) is 6.79. The van der Waals surface area contributed by atoms with Crippen molar-refractivity contribution in [3.63, 3.8) is 0 Å². The number of rotatable bonds is 8. The summed E-state index contributed by atoms with van der Waals surface area (Å²) < 4.78 is 10.1. The standard InChI is InChI=1S/C61H53OP.Os/c1-8-19-42-26-30-51-52-31-27-44(36-57(52)60(4,5)56(51)34-42)45-28-32-53-54-33-29-46(38-59(54)61(6,7)58(53)37-45)55(35-47-40-62-39-43(47)9-2)41(3)63(48-20-13-10-14-21-48,49-22-15-11-16-23-49)50-24-17-12-18-25-50;/h8-38H,39-40H2,1-2,4-7H3;/q+1;/b19-8+,43-9?,47-35?,55-41?;. The van der Waals surface area contributed by atoms with Gasteiger partial charge in [-0.05, 0) is 34.7 Å². The first-order valence-corrected chi connectivity index (χ1v) is 25.5. The minimum absolute atomic E-state index is 0.0894. The van der Waals surface area contributed by atoms with Gasteiger partial charge in [0.2, 0.25) is 0 Å². The molecule has 0 aromatic heterocycles. The molecule has 1 saturated heterocycles. The van der Waals surface area contributed by atoms with Crippen LogP contribution < -0.4 is 15.9 Å². The average molecular weight is 1020 g/mol. The van der Waals surface area contributed by atoms with E-state index in [0.29, 0.717) is 13.2 Å². The number of hydrogen-bond acceptors (Lipinski definition) is 1. The topological polar surface area (TPSA) is 9.23 Å². The van der Waals surface area contributed by atoms with Gasteiger partial charge >= 0.3 is 302 Å². The van der Waals surface area contributed by atoms with Gasteiger partial charge in [0.1, 0.15) is 0 Å². The zero-order valence-electron chi connectivity index (χ0n) is 37.5. The molecule has 0 saturated carbocycles. The molecule has 0 bridgehead atoms. The van der Waals surface area contributed by atoms with Crippen molar-refractivity contribution in [3.05, 3.63) is 232 Å². The van der Waals surface area contributed by atoms with Gasteiger partial charge < -0.3 is 0 Å². The molecule has 0 N–H and O–H groups in total. The van der Waals surface area contributed by atoms with Crippen molar-refractivity contribution >= 4 is 34.8 Å². The molecule has 7 aromatic rings. The third-order valence-corrected chi connectivity index (χ3v) is 19.5. The van der Waals surface area contributed by atoms with Gasteiger partial charge in [-0.3, -0.25) is 0 Å². The van der Waals surface area contributed by atoms with Crippen LogP contribution in [0.4, 0.5) is 0 Å². The fourth-order valence-corrected chi connectivity index (χ4v) is 16.5. The zero-order chi connectivity index (χ0) is 44.2. The van der Waals surface area contributed by atoms with Gasteiger partial charge in [0.05, 0.1) is 0 Å². The second-order valence-electron chi connectivity index (χ2n) is 18.3. The molecule has 1 heterocycles. The first-order valence-electron chi connectivity index (χ1n) is 22.4. The van der Waals surface area contributed by atoms with E-state index in [4.69, 9.17) is 4.74 Å². The summed E-state index contributed by atoms with van der Waals surface area (Å²) in [6.45, 7) is 15.0. The first kappa shape index (κ1) is 42.3. The molecule has 1 aliphatic heterocycles. The molecule has 3 aliphatic rings. The van der Waals surface area contributed by atoms with Crippen molar-refractivity contribution in [2.45, 2.75) is 52.4 Å². The molecule has 3 heteroatoms. The third-order valence-electron chi connectivity index (χ3n) is 14.1. The monoisotopic (exact) mass is 1020 g/mol. The summed E-state index contributed by atoms with van der Waals surface area (Å²) in [7, 11) is -2.49. The predicted molar refractivity (Wildman–Crippen MR) is 270 cm³/mol. The fraction of sp³-hybridized carbons (Fsp3) is 0.164. The Morgan fingerprint density at radius 1 is 0.547 bits per heavy atom. The Balaban J connectivity index is 1.14. The van der Waals surface area contributed by atoms with E-state index in [1.807, 2.05) is 17.9 Å². The molecule has 315 valence electrons. The van der Waals surface area contributed by atoms with Crippen molar-refractivity contribution < 1.29 is 22.7 Å². The molecule has 0 atom stereocenters. The van der Waals surface area contributed by atoms with E-state index in [9.17, 15) is 0 Å². The Bertz CT molecular complexity index is 3040. The SMILES string of the molecule is CC=C1COCC1=CC(=C([C]#[Os])[P+](c1ccccc1)(c1ccccc1)c1ccccc1)c1ccc2c(c1)C(C)(C)c1cc(-c3ccc4c(c3)C(C)(C)c3cc(/C=C/C)ccc3-4)ccc1-2. The Morgan fingerprint density at radius 2 is 1.00 bits per heavy atom. The van der Waals surface area contributed by atoms with Crippen LogP contribution in [0.3, 0.4) is 0 Å². The average Bonchev–Trinajstić information content (AvgIpc) is 3.95. The molecule has 7 aromatic carbocycles. The Morgan fingerprint density at radius 3 is 1.48 bits per heavy atom. The molecule has 2 aliphatic carbocycles. The quantitative estimate of drug-likeness (QED) is 0.138. The molecule has 0 radical (unpaired) electrons. The summed E-state index contributed by atoms with van der Waals surface area (Å²) in [5, 5.41) is 5.17. The second kappa shape index (κ2) is 16.7. The molecule has 64 heavy (non-hydrogen) atoms. The summed E-state index contributed by atoms with van der Waals surface area (Å²) >= 11 is 1.85. The normalized spacial score (nSPS) is 17.2. The van der Waals surface area contributed by atoms with Gasteiger partial charge in [-0.1, -0.05) is 50.3 Å². The first-order chi connectivity index (χ1) is 31.1. The molecule has 0 amide bonds. The van der Waals surface area contributed by atoms with Gasteiger partial charge in [-0.2, -0.15) is 0 Å². The van der Waals surface area contributed by atoms with Gasteiger partial charge in [-0.25, -0.2) is 0 Å². The fourth-order valence-electron chi connectivity index (χ4n) is 10.7. The van der Waals surface area contributed by atoms with Crippen LogP contribution in [0.2, 0.25) is 0 Å². The van der Waals surface area contributed by atoms with Crippen LogP contribution in [0.1, 0.15) is 74.9 Å². The molecule has 1 nitrogen and oxygen atoms in total. The molecule has 1 fully saturated rings. The van der Waals surface area contributed by atoms with Crippen LogP contribution in [0.15, 0.2) is 198 Å². The van der Waals surface area contributed by atoms with E-state index < -0.39 is 7.26 Å². The number of hydrogen-bond donors (Lipinski definition) is 0. The van der Waals surface area contributed by atoms with Crippen LogP contribution >= 0.6 is 7.26 Å². The minimum atomic E-state index is -2.49. The van der Waals surface area contributed by atoms with Crippen LogP contribution in [-0.2, 0) is 33.5 Å². The van der Waals surface area contributed by atoms with E-state index in [2.05, 4.69) is 234 Å². The second-order valence-corrected chi connectivity index (χ2v) is 22.3. The maximum absolute atomic E-state index is 6.14. The molecule has 0 spiro atoms. The Kier molecular flexibility index (Phi) is 11.0. The van der Waals surface area contributed by atoms with E-state index >= 15 is 0 Å². The van der Waals surface area contributed by atoms with Crippen molar-refractivity contribution in [1.82, 2.24) is 0 Å². The van der Waals surface area contributed by atoms with Gasteiger partial charge in [0.25, 0.3) is 0 Å². The molecular formula is C61H53OOsP+. The van der Waals surface area contributed by atoms with E-state index in [1.165, 1.54) is 105 Å². The summed E-state index contributed by atoms with van der Waals surface area (Å²) in [5.74, 6) is 0. The Labute approximate surface area is 390 Å². The van der Waals surface area contributed by atoms with Crippen molar-refractivity contribution in [3.8, 4) is 37.8 Å². The number of fused-ring (bicyclic) bond motifs is 6. The predicted octanol–water partition coefficient (Wildman–Crippen LogP) is 14.1. The van der Waals surface area contributed by atoms with Crippen molar-refractivity contribution in [2.75, 3.05) is 13.2 Å². The van der Waals surface area contributed by atoms with E-state index in [1.54, 1.807) is 0 Å². The molecule has 10 rings (SSSR count). The van der Waals surface area contributed by atoms with Gasteiger partial charge in [-0.15, -0.1) is 0 Å². The summed E-state index contributed by atoms with van der Waals surface area (Å²) in [5.41, 5.74) is 19.2. The summed E-state index contributed by atoms with van der Waals surface area (Å²) in [4.78, 5) is 0. The van der Waals surface area contributed by atoms with Crippen LogP contribution in [-0.4, -0.2) is 13.2 Å². The van der Waals surface area contributed by atoms with Crippen LogP contribution in [0, 0.1) is 4.37 Å². The van der Waals surface area contributed by atoms with Crippen LogP contribution in [0.5, 0.6) is 0 Å². The van der Waals surface area contributed by atoms with Gasteiger partial charge in [0, 0.05) is 5.41 Å². The zero-order valence-corrected chi connectivity index (χ0v) is 41.0. The molecular weight excluding hydrogens is 970 g/mol. The number of ether oxygens (including phenoxy) is 1.